The molecule has 0 aliphatic carbocycles. The minimum Gasteiger partial charge on any atom is -0.481 e. The van der Waals surface area contributed by atoms with Crippen LogP contribution in [0.1, 0.15) is 43.6 Å². The number of nitrogens with zero attached hydrogens (tertiary/aromatic N) is 2. The van der Waals surface area contributed by atoms with Gasteiger partial charge in [0.1, 0.15) is 5.82 Å². The summed E-state index contributed by atoms with van der Waals surface area (Å²) in [5.74, 6) is -1.74. The van der Waals surface area contributed by atoms with Crippen LogP contribution in [0.5, 0.6) is 0 Å². The second kappa shape index (κ2) is 9.97. The number of piperidine rings is 2. The fourth-order valence-corrected chi connectivity index (χ4v) is 4.83. The average Bonchev–Trinajstić information content (AvgIpc) is 2.72. The van der Waals surface area contributed by atoms with Crippen LogP contribution in [0.15, 0.2) is 24.3 Å². The van der Waals surface area contributed by atoms with Crippen LogP contribution in [0.25, 0.3) is 0 Å². The number of carbonyl (C=O) groups is 2. The van der Waals surface area contributed by atoms with Crippen LogP contribution in [-0.4, -0.2) is 65.7 Å². The molecule has 2 aliphatic rings. The quantitative estimate of drug-likeness (QED) is 0.677. The zero-order chi connectivity index (χ0) is 22.6. The number of alkyl halides is 3. The van der Waals surface area contributed by atoms with Gasteiger partial charge in [-0.15, -0.1) is 0 Å². The van der Waals surface area contributed by atoms with Crippen molar-refractivity contribution in [2.24, 2.45) is 11.8 Å². The molecule has 5 nitrogen and oxygen atoms in total. The Balaban J connectivity index is 1.53. The number of rotatable bonds is 6. The Hall–Kier alpha value is -2.16. The molecule has 3 rings (SSSR count). The molecular formula is C22H28F4N2O3. The second-order valence-electron chi connectivity index (χ2n) is 8.58. The third-order valence-corrected chi connectivity index (χ3v) is 6.45. The van der Waals surface area contributed by atoms with Gasteiger partial charge in [-0.3, -0.25) is 14.5 Å². The van der Waals surface area contributed by atoms with Gasteiger partial charge < -0.3 is 10.0 Å². The number of carbonyl (C=O) groups excluding carboxylic acids is 1. The summed E-state index contributed by atoms with van der Waals surface area (Å²) in [5.41, 5.74) is 0.783. The van der Waals surface area contributed by atoms with E-state index in [2.05, 4.69) is 0 Å². The molecule has 1 N–H and O–H groups in total. The van der Waals surface area contributed by atoms with Gasteiger partial charge in [0, 0.05) is 19.0 Å². The molecule has 2 saturated heterocycles. The minimum absolute atomic E-state index is 0.0123. The molecule has 9 heteroatoms. The maximum absolute atomic E-state index is 13.3. The summed E-state index contributed by atoms with van der Waals surface area (Å²) in [6.07, 6.45) is -2.14. The Morgan fingerprint density at radius 2 is 1.58 bits per heavy atom. The maximum Gasteiger partial charge on any atom is 0.401 e. The molecule has 172 valence electrons. The maximum atomic E-state index is 13.3. The molecule has 0 aromatic heterocycles. The van der Waals surface area contributed by atoms with E-state index < -0.39 is 18.7 Å². The SMILES string of the molecule is O=C(O)CC(c1ccc(F)cc1)C1CCN(C(=O)C2CCN(CC(F)(F)F)CC2)CC1. The first-order valence-electron chi connectivity index (χ1n) is 10.7. The van der Waals surface area contributed by atoms with Gasteiger partial charge in [0.25, 0.3) is 0 Å². The Kier molecular flexibility index (Phi) is 7.56. The van der Waals surface area contributed by atoms with Crippen LogP contribution >= 0.6 is 0 Å². The van der Waals surface area contributed by atoms with Gasteiger partial charge in [-0.2, -0.15) is 13.2 Å². The van der Waals surface area contributed by atoms with E-state index in [4.69, 9.17) is 0 Å². The number of amides is 1. The van der Waals surface area contributed by atoms with Gasteiger partial charge in [-0.25, -0.2) is 4.39 Å². The molecule has 0 saturated carbocycles. The molecule has 2 aliphatic heterocycles. The Morgan fingerprint density at radius 1 is 1.00 bits per heavy atom. The number of halogens is 4. The third kappa shape index (κ3) is 6.66. The van der Waals surface area contributed by atoms with Gasteiger partial charge >= 0.3 is 12.1 Å². The highest BCUT2D eigenvalue weighted by Crippen LogP contribution is 2.36. The fourth-order valence-electron chi connectivity index (χ4n) is 4.83. The number of likely N-dealkylation sites (tertiary alicyclic amines) is 2. The van der Waals surface area contributed by atoms with Gasteiger partial charge in [0.2, 0.25) is 5.91 Å². The Bertz CT molecular complexity index is 753. The molecular weight excluding hydrogens is 416 g/mol. The van der Waals surface area contributed by atoms with E-state index in [9.17, 15) is 32.3 Å². The monoisotopic (exact) mass is 444 g/mol. The Morgan fingerprint density at radius 3 is 2.10 bits per heavy atom. The zero-order valence-corrected chi connectivity index (χ0v) is 17.3. The number of benzene rings is 1. The second-order valence-corrected chi connectivity index (χ2v) is 8.58. The van der Waals surface area contributed by atoms with Crippen molar-refractivity contribution in [2.75, 3.05) is 32.7 Å². The van der Waals surface area contributed by atoms with Crippen molar-refractivity contribution in [1.29, 1.82) is 0 Å². The highest BCUT2D eigenvalue weighted by molar-refractivity contribution is 5.79. The van der Waals surface area contributed by atoms with Crippen molar-refractivity contribution in [1.82, 2.24) is 9.80 Å². The van der Waals surface area contributed by atoms with Crippen LogP contribution in [0.2, 0.25) is 0 Å². The molecule has 1 aromatic rings. The van der Waals surface area contributed by atoms with Crippen LogP contribution in [0.3, 0.4) is 0 Å². The topological polar surface area (TPSA) is 60.9 Å². The molecule has 0 radical (unpaired) electrons. The summed E-state index contributed by atoms with van der Waals surface area (Å²) in [7, 11) is 0. The third-order valence-electron chi connectivity index (χ3n) is 6.45. The summed E-state index contributed by atoms with van der Waals surface area (Å²) < 4.78 is 50.9. The van der Waals surface area contributed by atoms with E-state index in [1.54, 1.807) is 17.0 Å². The molecule has 1 amide bonds. The summed E-state index contributed by atoms with van der Waals surface area (Å²) in [5, 5.41) is 9.32. The molecule has 2 heterocycles. The van der Waals surface area contributed by atoms with Crippen LogP contribution in [0, 0.1) is 17.7 Å². The summed E-state index contributed by atoms with van der Waals surface area (Å²) in [6, 6.07) is 5.90. The number of carboxylic acid groups (broad SMARTS) is 1. The summed E-state index contributed by atoms with van der Waals surface area (Å²) in [6.45, 7) is 0.593. The van der Waals surface area contributed by atoms with Gasteiger partial charge in [-0.05, 0) is 68.3 Å². The molecule has 2 fully saturated rings. The van der Waals surface area contributed by atoms with Crippen LogP contribution < -0.4 is 0 Å². The lowest BCUT2D eigenvalue weighted by atomic mass is 9.78. The number of aliphatic carboxylic acids is 1. The van der Waals surface area contributed by atoms with Crippen LogP contribution in [-0.2, 0) is 9.59 Å². The lowest BCUT2D eigenvalue weighted by molar-refractivity contribution is -0.151. The first-order valence-corrected chi connectivity index (χ1v) is 10.7. The zero-order valence-electron chi connectivity index (χ0n) is 17.3. The van der Waals surface area contributed by atoms with Crippen LogP contribution in [0.4, 0.5) is 17.6 Å². The molecule has 0 bridgehead atoms. The van der Waals surface area contributed by atoms with Gasteiger partial charge in [0.05, 0.1) is 13.0 Å². The van der Waals surface area contributed by atoms with E-state index >= 15 is 0 Å². The van der Waals surface area contributed by atoms with E-state index in [-0.39, 0.29) is 49.0 Å². The minimum atomic E-state index is -4.23. The van der Waals surface area contributed by atoms with E-state index in [1.165, 1.54) is 17.0 Å². The van der Waals surface area contributed by atoms with Crippen molar-refractivity contribution in [2.45, 2.75) is 44.2 Å². The highest BCUT2D eigenvalue weighted by atomic mass is 19.4. The predicted molar refractivity (Wildman–Crippen MR) is 106 cm³/mol. The van der Waals surface area contributed by atoms with Gasteiger partial charge in [-0.1, -0.05) is 12.1 Å². The van der Waals surface area contributed by atoms with E-state index in [0.29, 0.717) is 38.8 Å². The number of carboxylic acids is 1. The van der Waals surface area contributed by atoms with Crippen molar-refractivity contribution >= 4 is 11.9 Å². The number of hydrogen-bond donors (Lipinski definition) is 1. The summed E-state index contributed by atoms with van der Waals surface area (Å²) >= 11 is 0. The fraction of sp³-hybridized carbons (Fsp3) is 0.636. The first-order chi connectivity index (χ1) is 14.6. The van der Waals surface area contributed by atoms with Gasteiger partial charge in [0.15, 0.2) is 0 Å². The standard InChI is InChI=1S/C22H28F4N2O3/c23-18-3-1-15(2-4-18)19(13-20(29)30)16-7-11-28(12-8-16)21(31)17-5-9-27(10-6-17)14-22(24,25)26/h1-4,16-17,19H,5-14H2,(H,29,30). The molecule has 31 heavy (non-hydrogen) atoms. The number of hydrogen-bond acceptors (Lipinski definition) is 3. The molecule has 1 unspecified atom stereocenters. The van der Waals surface area contributed by atoms with Crippen molar-refractivity contribution in [3.63, 3.8) is 0 Å². The van der Waals surface area contributed by atoms with E-state index in [0.717, 1.165) is 5.56 Å². The normalized spacial score (nSPS) is 20.6. The predicted octanol–water partition coefficient (Wildman–Crippen LogP) is 3.90. The molecule has 1 aromatic carbocycles. The average molecular weight is 444 g/mol. The molecule has 0 spiro atoms. The lowest BCUT2D eigenvalue weighted by Gasteiger charge is -2.39. The Labute approximate surface area is 179 Å². The summed E-state index contributed by atoms with van der Waals surface area (Å²) in [4.78, 5) is 27.3. The lowest BCUT2D eigenvalue weighted by Crippen LogP contribution is -2.47. The first kappa shape index (κ1) is 23.5. The van der Waals surface area contributed by atoms with E-state index in [1.807, 2.05) is 0 Å². The smallest absolute Gasteiger partial charge is 0.401 e. The highest BCUT2D eigenvalue weighted by Gasteiger charge is 2.36. The van der Waals surface area contributed by atoms with Crippen molar-refractivity contribution < 1.29 is 32.3 Å². The molecule has 1 atom stereocenters. The van der Waals surface area contributed by atoms with Crippen molar-refractivity contribution in [3.05, 3.63) is 35.6 Å². The van der Waals surface area contributed by atoms with Crippen molar-refractivity contribution in [3.8, 4) is 0 Å². The largest absolute Gasteiger partial charge is 0.481 e.